The van der Waals surface area contributed by atoms with Crippen molar-refractivity contribution in [2.24, 2.45) is 0 Å². The van der Waals surface area contributed by atoms with Gasteiger partial charge in [-0.15, -0.1) is 0 Å². The average Bonchev–Trinajstić information content (AvgIpc) is 2.75. The summed E-state index contributed by atoms with van der Waals surface area (Å²) in [6.45, 7) is 0.451. The van der Waals surface area contributed by atoms with Crippen LogP contribution in [-0.2, 0) is 17.8 Å². The molecule has 0 bridgehead atoms. The number of amides is 1. The summed E-state index contributed by atoms with van der Waals surface area (Å²) >= 11 is 0. The average molecular weight is 269 g/mol. The quantitative estimate of drug-likeness (QED) is 0.862. The number of aromatic nitrogens is 1. The van der Waals surface area contributed by atoms with Crippen LogP contribution in [0, 0.1) is 0 Å². The van der Waals surface area contributed by atoms with Crippen molar-refractivity contribution in [3.8, 4) is 5.88 Å². The van der Waals surface area contributed by atoms with Crippen LogP contribution >= 0.6 is 0 Å². The molecule has 0 fully saturated rings. The summed E-state index contributed by atoms with van der Waals surface area (Å²) in [4.78, 5) is 18.1. The molecule has 0 radical (unpaired) electrons. The molecular weight excluding hydrogens is 254 g/mol. The number of rotatable bonds is 3. The van der Waals surface area contributed by atoms with E-state index in [0.29, 0.717) is 24.5 Å². The number of nitrogens with zero attached hydrogens (tertiary/aromatic N) is 2. The highest BCUT2D eigenvalue weighted by Gasteiger charge is 2.28. The molecule has 1 aliphatic heterocycles. The van der Waals surface area contributed by atoms with Gasteiger partial charge in [0, 0.05) is 23.1 Å². The molecule has 0 unspecified atom stereocenters. The van der Waals surface area contributed by atoms with E-state index in [0.717, 1.165) is 16.8 Å². The van der Waals surface area contributed by atoms with Crippen LogP contribution in [0.25, 0.3) is 0 Å². The minimum absolute atomic E-state index is 0.0662. The fourth-order valence-corrected chi connectivity index (χ4v) is 2.47. The van der Waals surface area contributed by atoms with Crippen LogP contribution in [0.5, 0.6) is 5.88 Å². The van der Waals surface area contributed by atoms with Crippen molar-refractivity contribution in [3.05, 3.63) is 47.7 Å². The monoisotopic (exact) mass is 269 g/mol. The maximum atomic E-state index is 12.2. The van der Waals surface area contributed by atoms with Crippen LogP contribution in [0.1, 0.15) is 11.1 Å². The number of carbonyl (C=O) groups excluding carboxylic acids is 1. The second-order valence-electron chi connectivity index (χ2n) is 4.72. The van der Waals surface area contributed by atoms with Gasteiger partial charge in [0.2, 0.25) is 11.8 Å². The SMILES string of the molecule is COc1ncccc1CN1C(=O)Cc2cc(N)ccc21. The van der Waals surface area contributed by atoms with E-state index in [4.69, 9.17) is 10.5 Å². The van der Waals surface area contributed by atoms with Gasteiger partial charge in [0.25, 0.3) is 0 Å². The molecular formula is C15H15N3O2. The number of ether oxygens (including phenoxy) is 1. The minimum Gasteiger partial charge on any atom is -0.481 e. The van der Waals surface area contributed by atoms with Gasteiger partial charge >= 0.3 is 0 Å². The first-order valence-corrected chi connectivity index (χ1v) is 6.35. The summed E-state index contributed by atoms with van der Waals surface area (Å²) in [6, 6.07) is 9.30. The molecule has 5 nitrogen and oxygen atoms in total. The van der Waals surface area contributed by atoms with Crippen LogP contribution in [0.15, 0.2) is 36.5 Å². The van der Waals surface area contributed by atoms with Crippen LogP contribution in [0.4, 0.5) is 11.4 Å². The Morgan fingerprint density at radius 3 is 3.05 bits per heavy atom. The van der Waals surface area contributed by atoms with Crippen molar-refractivity contribution in [2.45, 2.75) is 13.0 Å². The van der Waals surface area contributed by atoms with Gasteiger partial charge in [-0.05, 0) is 29.8 Å². The van der Waals surface area contributed by atoms with Crippen molar-refractivity contribution < 1.29 is 9.53 Å². The Labute approximate surface area is 117 Å². The zero-order valence-electron chi connectivity index (χ0n) is 11.2. The Morgan fingerprint density at radius 2 is 2.25 bits per heavy atom. The Morgan fingerprint density at radius 1 is 1.40 bits per heavy atom. The Hall–Kier alpha value is -2.56. The molecule has 0 atom stereocenters. The van der Waals surface area contributed by atoms with Crippen LogP contribution < -0.4 is 15.4 Å². The first-order valence-electron chi connectivity index (χ1n) is 6.35. The summed E-state index contributed by atoms with van der Waals surface area (Å²) in [7, 11) is 1.58. The predicted molar refractivity (Wildman–Crippen MR) is 76.5 cm³/mol. The fourth-order valence-electron chi connectivity index (χ4n) is 2.47. The predicted octanol–water partition coefficient (Wildman–Crippen LogP) is 1.76. The Balaban J connectivity index is 1.94. The molecule has 0 saturated carbocycles. The number of hydrogen-bond donors (Lipinski definition) is 1. The van der Waals surface area contributed by atoms with E-state index >= 15 is 0 Å². The fraction of sp³-hybridized carbons (Fsp3) is 0.200. The standard InChI is InChI=1S/C15H15N3O2/c1-20-15-10(3-2-6-17-15)9-18-13-5-4-12(16)7-11(13)8-14(18)19/h2-7H,8-9,16H2,1H3. The molecule has 2 aromatic rings. The molecule has 0 aliphatic carbocycles. The highest BCUT2D eigenvalue weighted by atomic mass is 16.5. The smallest absolute Gasteiger partial charge is 0.231 e. The number of methoxy groups -OCH3 is 1. The summed E-state index contributed by atoms with van der Waals surface area (Å²) in [6.07, 6.45) is 2.06. The van der Waals surface area contributed by atoms with Crippen molar-refractivity contribution >= 4 is 17.3 Å². The molecule has 20 heavy (non-hydrogen) atoms. The van der Waals surface area contributed by atoms with Gasteiger partial charge < -0.3 is 15.4 Å². The highest BCUT2D eigenvalue weighted by molar-refractivity contribution is 6.01. The number of hydrogen-bond acceptors (Lipinski definition) is 4. The van der Waals surface area contributed by atoms with Gasteiger partial charge in [-0.2, -0.15) is 0 Å². The lowest BCUT2D eigenvalue weighted by molar-refractivity contribution is -0.117. The molecule has 0 spiro atoms. The van der Waals surface area contributed by atoms with E-state index < -0.39 is 0 Å². The van der Waals surface area contributed by atoms with E-state index in [1.54, 1.807) is 18.2 Å². The molecule has 1 aromatic heterocycles. The van der Waals surface area contributed by atoms with E-state index in [1.807, 2.05) is 30.3 Å². The number of anilines is 2. The third-order valence-electron chi connectivity index (χ3n) is 3.41. The number of nitrogen functional groups attached to an aromatic ring is 1. The van der Waals surface area contributed by atoms with E-state index in [9.17, 15) is 4.79 Å². The second kappa shape index (κ2) is 4.85. The van der Waals surface area contributed by atoms with E-state index in [1.165, 1.54) is 0 Å². The topological polar surface area (TPSA) is 68.5 Å². The molecule has 0 saturated heterocycles. The zero-order valence-corrected chi connectivity index (χ0v) is 11.2. The summed E-state index contributed by atoms with van der Waals surface area (Å²) in [5, 5.41) is 0. The molecule has 1 amide bonds. The van der Waals surface area contributed by atoms with Crippen molar-refractivity contribution in [3.63, 3.8) is 0 Å². The van der Waals surface area contributed by atoms with Crippen LogP contribution in [0.3, 0.4) is 0 Å². The third kappa shape index (κ3) is 2.07. The summed E-state index contributed by atoms with van der Waals surface area (Å²) in [5.41, 5.74) is 9.20. The maximum Gasteiger partial charge on any atom is 0.231 e. The normalized spacial score (nSPS) is 13.4. The first kappa shape index (κ1) is 12.5. The molecule has 102 valence electrons. The number of benzene rings is 1. The number of pyridine rings is 1. The van der Waals surface area contributed by atoms with Gasteiger partial charge in [0.1, 0.15) is 0 Å². The van der Waals surface area contributed by atoms with Gasteiger partial charge in [0.15, 0.2) is 0 Å². The Kier molecular flexibility index (Phi) is 3.02. The molecule has 5 heteroatoms. The first-order chi connectivity index (χ1) is 9.69. The van der Waals surface area contributed by atoms with Crippen molar-refractivity contribution in [2.75, 3.05) is 17.7 Å². The van der Waals surface area contributed by atoms with Crippen molar-refractivity contribution in [1.82, 2.24) is 4.98 Å². The lowest BCUT2D eigenvalue weighted by Crippen LogP contribution is -2.26. The summed E-state index contributed by atoms with van der Waals surface area (Å²) < 4.78 is 5.23. The van der Waals surface area contributed by atoms with Gasteiger partial charge in [-0.1, -0.05) is 6.07 Å². The molecule has 2 heterocycles. The summed E-state index contributed by atoms with van der Waals surface area (Å²) in [5.74, 6) is 0.612. The van der Waals surface area contributed by atoms with Gasteiger partial charge in [-0.25, -0.2) is 4.98 Å². The van der Waals surface area contributed by atoms with E-state index in [2.05, 4.69) is 4.98 Å². The lowest BCUT2D eigenvalue weighted by Gasteiger charge is -2.18. The maximum absolute atomic E-state index is 12.2. The van der Waals surface area contributed by atoms with Crippen LogP contribution in [-0.4, -0.2) is 18.0 Å². The third-order valence-corrected chi connectivity index (χ3v) is 3.41. The number of nitrogens with two attached hydrogens (primary N) is 1. The molecule has 2 N–H and O–H groups in total. The second-order valence-corrected chi connectivity index (χ2v) is 4.72. The number of carbonyl (C=O) groups is 1. The number of fused-ring (bicyclic) bond motifs is 1. The van der Waals surface area contributed by atoms with Crippen molar-refractivity contribution in [1.29, 1.82) is 0 Å². The van der Waals surface area contributed by atoms with Crippen LogP contribution in [0.2, 0.25) is 0 Å². The van der Waals surface area contributed by atoms with Gasteiger partial charge in [0.05, 0.1) is 20.1 Å². The molecule has 1 aliphatic rings. The van der Waals surface area contributed by atoms with E-state index in [-0.39, 0.29) is 5.91 Å². The zero-order chi connectivity index (χ0) is 14.1. The Bertz CT molecular complexity index is 670. The largest absolute Gasteiger partial charge is 0.481 e. The molecule has 3 rings (SSSR count). The lowest BCUT2D eigenvalue weighted by atomic mass is 10.1. The molecule has 1 aromatic carbocycles. The van der Waals surface area contributed by atoms with Gasteiger partial charge in [-0.3, -0.25) is 4.79 Å². The minimum atomic E-state index is 0.0662. The highest BCUT2D eigenvalue weighted by Crippen LogP contribution is 2.32.